The van der Waals surface area contributed by atoms with E-state index in [0.717, 1.165) is 66.4 Å². The Hall–Kier alpha value is -7.50. The number of para-hydroxylation sites is 4. The number of fused-ring (bicyclic) bond motifs is 4. The van der Waals surface area contributed by atoms with Crippen LogP contribution in [0.1, 0.15) is 0 Å². The fourth-order valence-corrected chi connectivity index (χ4v) is 8.23. The Morgan fingerprint density at radius 3 is 1.26 bits per heavy atom. The van der Waals surface area contributed by atoms with Crippen LogP contribution in [0.25, 0.3) is 77.7 Å². The van der Waals surface area contributed by atoms with Crippen LogP contribution in [0.3, 0.4) is 0 Å². The summed E-state index contributed by atoms with van der Waals surface area (Å²) in [6, 6.07) is 74.4. The van der Waals surface area contributed by atoms with E-state index < -0.39 is 0 Å². The van der Waals surface area contributed by atoms with Gasteiger partial charge in [0.2, 0.25) is 0 Å². The number of benzene rings is 8. The van der Waals surface area contributed by atoms with Crippen molar-refractivity contribution in [3.8, 4) is 57.1 Å². The molecule has 0 fully saturated rings. The van der Waals surface area contributed by atoms with Gasteiger partial charge in [0.15, 0.2) is 0 Å². The van der Waals surface area contributed by atoms with Crippen molar-refractivity contribution in [1.29, 1.82) is 0 Å². The molecule has 0 unspecified atom stereocenters. The molecule has 0 amide bonds. The molecular weight excluding hydrogens is 1180 g/mol. The number of hydrogen-bond donors (Lipinski definition) is 0. The third kappa shape index (κ3) is 7.89. The smallest absolute Gasteiger partial charge is 0.268 e. The van der Waals surface area contributed by atoms with Crippen molar-refractivity contribution >= 4 is 43.6 Å². The van der Waals surface area contributed by atoms with Gasteiger partial charge in [-0.15, -0.1) is 47.8 Å². The van der Waals surface area contributed by atoms with Crippen molar-refractivity contribution in [3.63, 3.8) is 0 Å². The van der Waals surface area contributed by atoms with E-state index in [2.05, 4.69) is 165 Å². The molecule has 66 heavy (non-hydrogen) atoms. The van der Waals surface area contributed by atoms with Crippen molar-refractivity contribution in [1.82, 2.24) is 19.1 Å². The molecule has 0 bridgehead atoms. The van der Waals surface area contributed by atoms with E-state index in [1.54, 1.807) is 24.5 Å². The van der Waals surface area contributed by atoms with E-state index in [9.17, 15) is 0 Å². The second-order valence-electron chi connectivity index (χ2n) is 15.1. The zero-order valence-electron chi connectivity index (χ0n) is 34.6. The van der Waals surface area contributed by atoms with Gasteiger partial charge in [0.05, 0.1) is 33.4 Å². The first-order chi connectivity index (χ1) is 31.7. The molecule has 0 aliphatic heterocycles. The first-order valence-electron chi connectivity index (χ1n) is 20.7. The molecule has 0 radical (unpaired) electrons. The molecule has 4 aromatic heterocycles. The van der Waals surface area contributed by atoms with Crippen molar-refractivity contribution in [3.05, 3.63) is 231 Å². The van der Waals surface area contributed by atoms with Crippen molar-refractivity contribution in [2.24, 2.45) is 0 Å². The van der Waals surface area contributed by atoms with Crippen molar-refractivity contribution < 1.29 is 60.7 Å². The van der Waals surface area contributed by atoms with Crippen LogP contribution >= 0.6 is 0 Å². The van der Waals surface area contributed by atoms with Crippen LogP contribution in [-0.4, -0.2) is 19.1 Å². The fourth-order valence-electron chi connectivity index (χ4n) is 8.23. The quantitative estimate of drug-likeness (QED) is 0.107. The van der Waals surface area contributed by atoms with Crippen LogP contribution in [0.2, 0.25) is 0 Å². The van der Waals surface area contributed by atoms with Gasteiger partial charge in [-0.3, -0.25) is 9.13 Å². The number of nitrogens with zero attached hydrogens (tertiary/aromatic N) is 6. The van der Waals surface area contributed by atoms with Gasteiger partial charge in [0, 0.05) is 65.1 Å². The van der Waals surface area contributed by atoms with E-state index in [1.165, 1.54) is 0 Å². The van der Waals surface area contributed by atoms with Crippen LogP contribution in [0.4, 0.5) is 0 Å². The first-order valence-corrected chi connectivity index (χ1v) is 20.7. The molecule has 0 spiro atoms. The normalized spacial score (nSPS) is 11.1. The minimum absolute atomic E-state index is 0. The first kappa shape index (κ1) is 42.4. The van der Waals surface area contributed by atoms with Gasteiger partial charge in [-0.1, -0.05) is 121 Å². The molecular formula is C56H32N6O2Pt2-4. The molecule has 8 nitrogen and oxygen atoms in total. The van der Waals surface area contributed by atoms with Crippen LogP contribution in [-0.2, 0) is 42.1 Å². The van der Waals surface area contributed by atoms with Crippen molar-refractivity contribution in [2.75, 3.05) is 0 Å². The van der Waals surface area contributed by atoms with Crippen LogP contribution in [0.15, 0.2) is 194 Å². The number of rotatable bonds is 9. The average Bonchev–Trinajstić information content (AvgIpc) is 3.94. The second-order valence-corrected chi connectivity index (χ2v) is 15.1. The number of pyridine rings is 2. The summed E-state index contributed by atoms with van der Waals surface area (Å²) in [5, 5.41) is 4.61. The zero-order chi connectivity index (χ0) is 42.4. The third-order valence-corrected chi connectivity index (χ3v) is 11.1. The van der Waals surface area contributed by atoms with Gasteiger partial charge in [-0.25, -0.2) is 0 Å². The summed E-state index contributed by atoms with van der Waals surface area (Å²) in [6.45, 7) is 0. The topological polar surface area (TPSA) is 61.9 Å². The van der Waals surface area contributed by atoms with Gasteiger partial charge in [-0.2, -0.15) is 36.4 Å². The van der Waals surface area contributed by atoms with E-state index in [0.29, 0.717) is 34.4 Å². The molecule has 12 aromatic rings. The number of ether oxygens (including phenoxy) is 2. The summed E-state index contributed by atoms with van der Waals surface area (Å²) in [5.74, 6) is 1.91. The Morgan fingerprint density at radius 1 is 0.379 bits per heavy atom. The fraction of sp³-hybridized carbons (Fsp3) is 0. The molecule has 10 heteroatoms. The second kappa shape index (κ2) is 18.2. The molecule has 0 saturated heterocycles. The summed E-state index contributed by atoms with van der Waals surface area (Å²) < 4.78 is 20.9. The summed E-state index contributed by atoms with van der Waals surface area (Å²) >= 11 is 0. The number of hydrogen-bond acceptors (Lipinski definition) is 4. The maximum absolute atomic E-state index is 6.36. The Kier molecular flexibility index (Phi) is 11.7. The monoisotopic (exact) mass is 1210 g/mol. The zero-order valence-corrected chi connectivity index (χ0v) is 39.2. The number of imidazole rings is 2. The third-order valence-electron chi connectivity index (χ3n) is 11.1. The van der Waals surface area contributed by atoms with E-state index in [4.69, 9.17) is 9.47 Å². The van der Waals surface area contributed by atoms with Crippen LogP contribution in [0.5, 0.6) is 23.0 Å². The Labute approximate surface area is 409 Å². The Bertz CT molecular complexity index is 3480. The Balaban J connectivity index is 0.00000256. The van der Waals surface area contributed by atoms with Gasteiger partial charge < -0.3 is 28.6 Å². The minimum Gasteiger partial charge on any atom is -0.511 e. The summed E-state index contributed by atoms with van der Waals surface area (Å²) in [4.78, 5) is 9.11. The standard InChI is InChI=1S/C56H32N6O2.2Pt/c1-3-21-47-39(13-1)15-9-27-51(47)61-37-59(53-23-5-7-25-55(53)61)41-17-11-19-43(33-41)63-45-29-31-57-49(35-45)50-36-46(30-32-58-50)64-44-20-12-18-42(34-44)60-38-62(56-26-8-6-24-54(56)60)52-28-10-16-40-14-2-4-22-48(40)52;;/h1-32H;;/q-4;;. The van der Waals surface area contributed by atoms with Gasteiger partial charge in [0.25, 0.3) is 12.7 Å². The maximum atomic E-state index is 6.36. The SMILES string of the molecule is [Pt].[Pt].[c-]1c(Oc2[c-]c(-c3[c-]c(Oc4[c-]c(-[n+]5[c-]n(-c6cccc7ccccc67)c6ccccc65)ccc4)ccn3)ncc2)cccc1-[n+]1[c-]n(-c2cccc3ccccc23)c2ccccc21. The van der Waals surface area contributed by atoms with Gasteiger partial charge in [0.1, 0.15) is 0 Å². The van der Waals surface area contributed by atoms with E-state index in [1.807, 2.05) is 69.8 Å². The molecule has 0 aliphatic rings. The van der Waals surface area contributed by atoms with E-state index in [-0.39, 0.29) is 42.1 Å². The van der Waals surface area contributed by atoms with Gasteiger partial charge >= 0.3 is 0 Å². The average molecular weight is 1210 g/mol. The minimum atomic E-state index is 0. The molecule has 322 valence electrons. The largest absolute Gasteiger partial charge is 0.511 e. The molecule has 8 aromatic carbocycles. The maximum Gasteiger partial charge on any atom is 0.268 e. The Morgan fingerprint density at radius 2 is 0.773 bits per heavy atom. The predicted molar refractivity (Wildman–Crippen MR) is 245 cm³/mol. The molecule has 12 rings (SSSR count). The summed E-state index contributed by atoms with van der Waals surface area (Å²) in [6.07, 6.45) is 10.5. The number of aromatic nitrogens is 6. The molecule has 4 heterocycles. The molecule has 0 aliphatic carbocycles. The van der Waals surface area contributed by atoms with Crippen molar-refractivity contribution in [2.45, 2.75) is 0 Å². The molecule has 0 N–H and O–H groups in total. The predicted octanol–water partition coefficient (Wildman–Crippen LogP) is 11.3. The summed E-state index contributed by atoms with van der Waals surface area (Å²) in [7, 11) is 0. The van der Waals surface area contributed by atoms with Crippen LogP contribution < -0.4 is 18.6 Å². The summed E-state index contributed by atoms with van der Waals surface area (Å²) in [5.41, 5.74) is 8.53. The van der Waals surface area contributed by atoms with E-state index >= 15 is 0 Å². The van der Waals surface area contributed by atoms with Crippen LogP contribution in [0, 0.1) is 36.9 Å². The molecule has 0 saturated carbocycles. The molecule has 0 atom stereocenters. The van der Waals surface area contributed by atoms with Gasteiger partial charge in [-0.05, 0) is 57.4 Å².